The van der Waals surface area contributed by atoms with Crippen molar-refractivity contribution in [3.63, 3.8) is 0 Å². The van der Waals surface area contributed by atoms with E-state index in [1.807, 2.05) is 23.9 Å². The molecular formula is C14H23NO2S. The molecule has 0 fully saturated rings. The molecule has 0 aromatic heterocycles. The molecule has 0 aliphatic heterocycles. The monoisotopic (exact) mass is 269 g/mol. The molecule has 1 aromatic rings. The molecule has 1 rings (SSSR count). The van der Waals surface area contributed by atoms with Gasteiger partial charge in [-0.3, -0.25) is 0 Å². The van der Waals surface area contributed by atoms with E-state index in [0.29, 0.717) is 19.3 Å². The van der Waals surface area contributed by atoms with Crippen molar-refractivity contribution in [2.75, 3.05) is 38.9 Å². The summed E-state index contributed by atoms with van der Waals surface area (Å²) in [5, 5.41) is 3.50. The Morgan fingerprint density at radius 1 is 1.28 bits per heavy atom. The van der Waals surface area contributed by atoms with E-state index in [1.165, 1.54) is 5.56 Å². The summed E-state index contributed by atoms with van der Waals surface area (Å²) in [6.07, 6.45) is 2.12. The van der Waals surface area contributed by atoms with Crippen LogP contribution in [0.5, 0.6) is 5.75 Å². The molecule has 0 saturated heterocycles. The fraction of sp³-hybridized carbons (Fsp3) is 0.571. The quantitative estimate of drug-likeness (QED) is 0.698. The molecule has 1 aromatic carbocycles. The first-order valence-electron chi connectivity index (χ1n) is 6.26. The molecule has 0 aliphatic carbocycles. The van der Waals surface area contributed by atoms with Gasteiger partial charge in [0.05, 0.1) is 6.61 Å². The predicted molar refractivity (Wildman–Crippen MR) is 78.6 cm³/mol. The third kappa shape index (κ3) is 4.88. The number of methoxy groups -OCH3 is 1. The number of ether oxygens (including phenoxy) is 2. The summed E-state index contributed by atoms with van der Waals surface area (Å²) in [7, 11) is 1.68. The molecule has 0 spiro atoms. The Labute approximate surface area is 114 Å². The van der Waals surface area contributed by atoms with E-state index in [1.54, 1.807) is 7.11 Å². The molecule has 1 atom stereocenters. The first kappa shape index (κ1) is 15.3. The zero-order chi connectivity index (χ0) is 13.2. The zero-order valence-electron chi connectivity index (χ0n) is 11.4. The Bertz CT molecular complexity index is 327. The zero-order valence-corrected chi connectivity index (χ0v) is 12.3. The summed E-state index contributed by atoms with van der Waals surface area (Å²) in [5.74, 6) is 1.99. The van der Waals surface area contributed by atoms with E-state index in [0.717, 1.165) is 18.0 Å². The van der Waals surface area contributed by atoms with Crippen LogP contribution in [-0.2, 0) is 4.74 Å². The highest BCUT2D eigenvalue weighted by molar-refractivity contribution is 7.98. The second kappa shape index (κ2) is 9.25. The smallest absolute Gasteiger partial charge is 0.124 e. The van der Waals surface area contributed by atoms with E-state index < -0.39 is 0 Å². The molecule has 1 N–H and O–H groups in total. The number of nitrogens with one attached hydrogen (secondary N) is 1. The standard InChI is InChI=1S/C14H23NO2S/c1-4-15-13(11-18-3)12-7-5-6-8-14(12)17-10-9-16-2/h5-8,13,15H,4,9-11H2,1-3H3. The lowest BCUT2D eigenvalue weighted by molar-refractivity contribution is 0.145. The fourth-order valence-corrected chi connectivity index (χ4v) is 2.44. The van der Waals surface area contributed by atoms with Gasteiger partial charge < -0.3 is 14.8 Å². The Morgan fingerprint density at radius 2 is 2.06 bits per heavy atom. The molecule has 102 valence electrons. The van der Waals surface area contributed by atoms with E-state index in [2.05, 4.69) is 30.6 Å². The molecule has 18 heavy (non-hydrogen) atoms. The van der Waals surface area contributed by atoms with Crippen LogP contribution in [0, 0.1) is 0 Å². The molecule has 4 heteroatoms. The third-order valence-electron chi connectivity index (χ3n) is 2.62. The number of hydrogen-bond donors (Lipinski definition) is 1. The third-order valence-corrected chi connectivity index (χ3v) is 3.29. The Hall–Kier alpha value is -0.710. The van der Waals surface area contributed by atoms with Crippen molar-refractivity contribution in [1.29, 1.82) is 0 Å². The normalized spacial score (nSPS) is 12.4. The SMILES string of the molecule is CCNC(CSC)c1ccccc1OCCOC. The van der Waals surface area contributed by atoms with Crippen molar-refractivity contribution in [3.05, 3.63) is 29.8 Å². The molecular weight excluding hydrogens is 246 g/mol. The van der Waals surface area contributed by atoms with E-state index in [4.69, 9.17) is 9.47 Å². The second-order valence-electron chi connectivity index (χ2n) is 3.94. The van der Waals surface area contributed by atoms with Crippen LogP contribution < -0.4 is 10.1 Å². The van der Waals surface area contributed by atoms with Crippen molar-refractivity contribution in [1.82, 2.24) is 5.32 Å². The van der Waals surface area contributed by atoms with E-state index in [9.17, 15) is 0 Å². The summed E-state index contributed by atoms with van der Waals surface area (Å²) < 4.78 is 10.8. The highest BCUT2D eigenvalue weighted by Crippen LogP contribution is 2.27. The number of para-hydroxylation sites is 1. The van der Waals surface area contributed by atoms with Gasteiger partial charge in [-0.2, -0.15) is 11.8 Å². The van der Waals surface area contributed by atoms with Crippen molar-refractivity contribution in [3.8, 4) is 5.75 Å². The van der Waals surface area contributed by atoms with Crippen LogP contribution in [0.4, 0.5) is 0 Å². The van der Waals surface area contributed by atoms with Crippen LogP contribution in [-0.4, -0.2) is 38.9 Å². The van der Waals surface area contributed by atoms with Crippen molar-refractivity contribution >= 4 is 11.8 Å². The fourth-order valence-electron chi connectivity index (χ4n) is 1.81. The summed E-state index contributed by atoms with van der Waals surface area (Å²) in [4.78, 5) is 0. The van der Waals surface area contributed by atoms with Gasteiger partial charge in [-0.1, -0.05) is 25.1 Å². The molecule has 0 radical (unpaired) electrons. The van der Waals surface area contributed by atoms with Gasteiger partial charge in [0, 0.05) is 24.5 Å². The Balaban J connectivity index is 2.76. The lowest BCUT2D eigenvalue weighted by Gasteiger charge is -2.20. The van der Waals surface area contributed by atoms with Gasteiger partial charge in [0.1, 0.15) is 12.4 Å². The molecule has 0 bridgehead atoms. The highest BCUT2D eigenvalue weighted by Gasteiger charge is 2.14. The maximum atomic E-state index is 5.78. The topological polar surface area (TPSA) is 30.5 Å². The van der Waals surface area contributed by atoms with Gasteiger partial charge in [-0.05, 0) is 18.9 Å². The summed E-state index contributed by atoms with van der Waals surface area (Å²) in [6.45, 7) is 4.29. The number of benzene rings is 1. The average molecular weight is 269 g/mol. The van der Waals surface area contributed by atoms with Gasteiger partial charge in [0.15, 0.2) is 0 Å². The first-order chi connectivity index (χ1) is 8.83. The Morgan fingerprint density at radius 3 is 2.72 bits per heavy atom. The minimum atomic E-state index is 0.337. The lowest BCUT2D eigenvalue weighted by atomic mass is 10.1. The lowest BCUT2D eigenvalue weighted by Crippen LogP contribution is -2.23. The molecule has 3 nitrogen and oxygen atoms in total. The summed E-state index contributed by atoms with van der Waals surface area (Å²) in [5.41, 5.74) is 1.23. The van der Waals surface area contributed by atoms with Crippen LogP contribution in [0.2, 0.25) is 0 Å². The molecule has 0 heterocycles. The van der Waals surface area contributed by atoms with Gasteiger partial charge in [-0.25, -0.2) is 0 Å². The molecule has 0 aliphatic rings. The van der Waals surface area contributed by atoms with Crippen LogP contribution in [0.1, 0.15) is 18.5 Å². The van der Waals surface area contributed by atoms with Crippen molar-refractivity contribution in [2.45, 2.75) is 13.0 Å². The molecule has 0 saturated carbocycles. The van der Waals surface area contributed by atoms with Crippen LogP contribution in [0.3, 0.4) is 0 Å². The summed E-state index contributed by atoms with van der Waals surface area (Å²) in [6, 6.07) is 8.56. The maximum absolute atomic E-state index is 5.78. The second-order valence-corrected chi connectivity index (χ2v) is 4.86. The summed E-state index contributed by atoms with van der Waals surface area (Å²) >= 11 is 1.84. The first-order valence-corrected chi connectivity index (χ1v) is 7.65. The minimum absolute atomic E-state index is 0.337. The largest absolute Gasteiger partial charge is 0.491 e. The van der Waals surface area contributed by atoms with E-state index in [-0.39, 0.29) is 0 Å². The van der Waals surface area contributed by atoms with Crippen molar-refractivity contribution < 1.29 is 9.47 Å². The number of hydrogen-bond acceptors (Lipinski definition) is 4. The van der Waals surface area contributed by atoms with Crippen LogP contribution in [0.15, 0.2) is 24.3 Å². The van der Waals surface area contributed by atoms with Crippen LogP contribution >= 0.6 is 11.8 Å². The Kier molecular flexibility index (Phi) is 7.89. The average Bonchev–Trinajstić information content (AvgIpc) is 2.39. The van der Waals surface area contributed by atoms with E-state index >= 15 is 0 Å². The van der Waals surface area contributed by atoms with Gasteiger partial charge in [0.2, 0.25) is 0 Å². The maximum Gasteiger partial charge on any atom is 0.124 e. The molecule has 0 amide bonds. The highest BCUT2D eigenvalue weighted by atomic mass is 32.2. The van der Waals surface area contributed by atoms with Crippen molar-refractivity contribution in [2.24, 2.45) is 0 Å². The minimum Gasteiger partial charge on any atom is -0.491 e. The number of rotatable bonds is 9. The molecule has 1 unspecified atom stereocenters. The van der Waals surface area contributed by atoms with Crippen LogP contribution in [0.25, 0.3) is 0 Å². The van der Waals surface area contributed by atoms with Gasteiger partial charge in [0.25, 0.3) is 0 Å². The predicted octanol–water partition coefficient (Wildman–Crippen LogP) is 2.73. The van der Waals surface area contributed by atoms with Gasteiger partial charge >= 0.3 is 0 Å². The van der Waals surface area contributed by atoms with Gasteiger partial charge in [-0.15, -0.1) is 0 Å². The number of thioether (sulfide) groups is 1.